The quantitative estimate of drug-likeness (QED) is 0.652. The van der Waals surface area contributed by atoms with E-state index < -0.39 is 0 Å². The molecule has 0 bridgehead atoms. The van der Waals surface area contributed by atoms with Crippen molar-refractivity contribution in [3.8, 4) is 5.75 Å². The Bertz CT molecular complexity index is 394. The van der Waals surface area contributed by atoms with Crippen LogP contribution in [0.4, 0.5) is 0 Å². The second kappa shape index (κ2) is 5.88. The number of nitrogens with one attached hydrogen (secondary N) is 1. The van der Waals surface area contributed by atoms with E-state index in [0.29, 0.717) is 19.2 Å². The van der Waals surface area contributed by atoms with Crippen LogP contribution in [0, 0.1) is 0 Å². The first-order valence-corrected chi connectivity index (χ1v) is 6.13. The van der Waals surface area contributed by atoms with Gasteiger partial charge in [0.25, 0.3) is 6.02 Å². The molecule has 0 radical (unpaired) electrons. The lowest BCUT2D eigenvalue weighted by atomic mass is 10.2. The minimum absolute atomic E-state index is 0.122. The summed E-state index contributed by atoms with van der Waals surface area (Å²) in [6, 6.07) is 8.26. The van der Waals surface area contributed by atoms with Crippen molar-refractivity contribution in [3.05, 3.63) is 28.7 Å². The lowest BCUT2D eigenvalue weighted by Gasteiger charge is -2.07. The second-order valence-electron chi connectivity index (χ2n) is 3.63. The number of hydrogen-bond donors (Lipinski definition) is 2. The van der Waals surface area contributed by atoms with Crippen molar-refractivity contribution in [3.63, 3.8) is 0 Å². The average molecular weight is 300 g/mol. The zero-order valence-electron chi connectivity index (χ0n) is 9.23. The van der Waals surface area contributed by atoms with Crippen LogP contribution in [0.25, 0.3) is 0 Å². The van der Waals surface area contributed by atoms with Crippen LogP contribution >= 0.6 is 15.9 Å². The summed E-state index contributed by atoms with van der Waals surface area (Å²) in [7, 11) is 0. The monoisotopic (exact) mass is 299 g/mol. The van der Waals surface area contributed by atoms with Gasteiger partial charge >= 0.3 is 0 Å². The fourth-order valence-corrected chi connectivity index (χ4v) is 1.75. The average Bonchev–Trinajstić information content (AvgIpc) is 2.80. The molecule has 3 N–H and O–H groups in total. The molecule has 92 valence electrons. The number of nitrogens with two attached hydrogens (primary N) is 1. The number of hydrogen-bond acceptors (Lipinski definition) is 5. The van der Waals surface area contributed by atoms with Crippen LogP contribution in [-0.4, -0.2) is 25.3 Å². The number of nitrogens with zero attached hydrogens (tertiary/aromatic N) is 1. The highest BCUT2D eigenvalue weighted by atomic mass is 79.9. The molecule has 17 heavy (non-hydrogen) atoms. The molecule has 1 atom stereocenters. The zero-order chi connectivity index (χ0) is 12.1. The molecule has 0 unspecified atom stereocenters. The number of amidine groups is 1. The van der Waals surface area contributed by atoms with E-state index in [1.807, 2.05) is 24.3 Å². The van der Waals surface area contributed by atoms with Crippen molar-refractivity contribution in [1.29, 1.82) is 0 Å². The van der Waals surface area contributed by atoms with E-state index in [1.54, 1.807) is 0 Å². The number of rotatable bonds is 4. The predicted octanol–water partition coefficient (Wildman–Crippen LogP) is 1.44. The smallest absolute Gasteiger partial charge is 0.299 e. The maximum absolute atomic E-state index is 5.59. The number of benzene rings is 1. The van der Waals surface area contributed by atoms with Crippen molar-refractivity contribution in [2.45, 2.75) is 12.5 Å². The van der Waals surface area contributed by atoms with Gasteiger partial charge in [0.2, 0.25) is 0 Å². The molecule has 1 heterocycles. The minimum atomic E-state index is 0.122. The molecular formula is C11H14BrN3O2. The van der Waals surface area contributed by atoms with E-state index in [-0.39, 0.29) is 6.04 Å². The molecule has 0 aromatic heterocycles. The van der Waals surface area contributed by atoms with Gasteiger partial charge in [0, 0.05) is 10.9 Å². The molecule has 0 saturated heterocycles. The third kappa shape index (κ3) is 3.61. The topological polar surface area (TPSA) is 68.9 Å². The second-order valence-corrected chi connectivity index (χ2v) is 4.55. The van der Waals surface area contributed by atoms with Crippen LogP contribution in [0.5, 0.6) is 5.75 Å². The van der Waals surface area contributed by atoms with Crippen molar-refractivity contribution in [1.82, 2.24) is 5.43 Å². The standard InChI is InChI=1S/C11H14BrN3O2/c12-8-1-3-10(4-2-8)16-6-5-9-7-17-11(14-9)15-13/h1-4,9H,5-7,13H2,(H,14,15)/t9-/m0/s1. The van der Waals surface area contributed by atoms with Crippen molar-refractivity contribution >= 4 is 22.0 Å². The normalized spacial score (nSPS) is 18.5. The Hall–Kier alpha value is -1.27. The first-order valence-electron chi connectivity index (χ1n) is 5.33. The van der Waals surface area contributed by atoms with Crippen LogP contribution in [0.1, 0.15) is 6.42 Å². The number of ether oxygens (including phenoxy) is 2. The van der Waals surface area contributed by atoms with Gasteiger partial charge in [0.05, 0.1) is 12.6 Å². The summed E-state index contributed by atoms with van der Waals surface area (Å²) in [4.78, 5) is 4.22. The van der Waals surface area contributed by atoms with Crippen molar-refractivity contribution < 1.29 is 9.47 Å². The van der Waals surface area contributed by atoms with E-state index in [0.717, 1.165) is 16.6 Å². The molecule has 0 fully saturated rings. The molecule has 6 heteroatoms. The molecule has 0 aliphatic carbocycles. The summed E-state index contributed by atoms with van der Waals surface area (Å²) in [5.74, 6) is 6.04. The van der Waals surface area contributed by atoms with Gasteiger partial charge in [0.1, 0.15) is 12.4 Å². The maximum atomic E-state index is 5.59. The van der Waals surface area contributed by atoms with E-state index >= 15 is 0 Å². The maximum Gasteiger partial charge on any atom is 0.299 e. The highest BCUT2D eigenvalue weighted by Crippen LogP contribution is 2.16. The Kier molecular flexibility index (Phi) is 4.22. The van der Waals surface area contributed by atoms with Crippen LogP contribution in [0.2, 0.25) is 0 Å². The molecule has 1 aromatic rings. The minimum Gasteiger partial charge on any atom is -0.494 e. The SMILES string of the molecule is NNC1=N[C@@H](CCOc2ccc(Br)cc2)CO1. The van der Waals surface area contributed by atoms with Crippen molar-refractivity contribution in [2.24, 2.45) is 10.8 Å². The molecule has 1 aliphatic heterocycles. The number of aliphatic imine (C=N–C) groups is 1. The van der Waals surface area contributed by atoms with Crippen LogP contribution < -0.4 is 16.0 Å². The highest BCUT2D eigenvalue weighted by Gasteiger charge is 2.17. The summed E-state index contributed by atoms with van der Waals surface area (Å²) in [5.41, 5.74) is 2.39. The predicted molar refractivity (Wildman–Crippen MR) is 68.8 cm³/mol. The van der Waals surface area contributed by atoms with Gasteiger partial charge < -0.3 is 9.47 Å². The summed E-state index contributed by atoms with van der Waals surface area (Å²) in [6.45, 7) is 1.17. The van der Waals surface area contributed by atoms with Crippen LogP contribution in [-0.2, 0) is 4.74 Å². The molecule has 5 nitrogen and oxygen atoms in total. The Morgan fingerprint density at radius 2 is 2.24 bits per heavy atom. The van der Waals surface area contributed by atoms with E-state index in [4.69, 9.17) is 15.3 Å². The van der Waals surface area contributed by atoms with E-state index in [2.05, 4.69) is 26.3 Å². The third-order valence-corrected chi connectivity index (χ3v) is 2.90. The van der Waals surface area contributed by atoms with Crippen molar-refractivity contribution in [2.75, 3.05) is 13.2 Å². The molecule has 0 spiro atoms. The fourth-order valence-electron chi connectivity index (χ4n) is 1.49. The van der Waals surface area contributed by atoms with Gasteiger partial charge in [-0.1, -0.05) is 15.9 Å². The van der Waals surface area contributed by atoms with Crippen LogP contribution in [0.15, 0.2) is 33.7 Å². The summed E-state index contributed by atoms with van der Waals surface area (Å²) < 4.78 is 11.8. The Balaban J connectivity index is 1.73. The van der Waals surface area contributed by atoms with Crippen LogP contribution in [0.3, 0.4) is 0 Å². The number of halogens is 1. The molecule has 0 amide bonds. The fraction of sp³-hybridized carbons (Fsp3) is 0.364. The van der Waals surface area contributed by atoms with Gasteiger partial charge in [-0.2, -0.15) is 0 Å². The third-order valence-electron chi connectivity index (χ3n) is 2.37. The first-order chi connectivity index (χ1) is 8.28. The summed E-state index contributed by atoms with van der Waals surface area (Å²) >= 11 is 3.37. The van der Waals surface area contributed by atoms with Gasteiger partial charge in [-0.25, -0.2) is 10.8 Å². The molecule has 2 rings (SSSR count). The molecule has 1 aliphatic rings. The number of hydrazine groups is 1. The van der Waals surface area contributed by atoms with Gasteiger partial charge in [-0.15, -0.1) is 0 Å². The van der Waals surface area contributed by atoms with E-state index in [1.165, 1.54) is 0 Å². The zero-order valence-corrected chi connectivity index (χ0v) is 10.8. The lowest BCUT2D eigenvalue weighted by Crippen LogP contribution is -2.30. The van der Waals surface area contributed by atoms with Gasteiger partial charge in [0.15, 0.2) is 0 Å². The highest BCUT2D eigenvalue weighted by molar-refractivity contribution is 9.10. The summed E-state index contributed by atoms with van der Waals surface area (Å²) in [6.07, 6.45) is 0.807. The van der Waals surface area contributed by atoms with Gasteiger partial charge in [-0.05, 0) is 24.3 Å². The summed E-state index contributed by atoms with van der Waals surface area (Å²) in [5, 5.41) is 0. The largest absolute Gasteiger partial charge is 0.494 e. The Labute approximate surface area is 108 Å². The lowest BCUT2D eigenvalue weighted by molar-refractivity contribution is 0.261. The van der Waals surface area contributed by atoms with E-state index in [9.17, 15) is 0 Å². The molecule has 1 aromatic carbocycles. The molecular weight excluding hydrogens is 286 g/mol. The van der Waals surface area contributed by atoms with Gasteiger partial charge in [-0.3, -0.25) is 5.43 Å². The first kappa shape index (κ1) is 12.2. The molecule has 0 saturated carbocycles. The Morgan fingerprint density at radius 3 is 2.88 bits per heavy atom. The Morgan fingerprint density at radius 1 is 1.47 bits per heavy atom.